The molecule has 5 heteroatoms. The van der Waals surface area contributed by atoms with Crippen molar-refractivity contribution in [3.8, 4) is 0 Å². The van der Waals surface area contributed by atoms with Crippen LogP contribution in [0.4, 0.5) is 0 Å². The molecule has 0 aromatic heterocycles. The standard InChI is InChI=1S/C12H25N3O2/c1-4-15(9-10-16)12(2,3)11(17)14-7-5-13-6-8-14/h13,16H,4-10H2,1-3H3. The van der Waals surface area contributed by atoms with Crippen LogP contribution in [0, 0.1) is 0 Å². The Kier molecular flexibility index (Phi) is 5.36. The minimum atomic E-state index is -0.533. The summed E-state index contributed by atoms with van der Waals surface area (Å²) in [5.74, 6) is 0.161. The van der Waals surface area contributed by atoms with Crippen LogP contribution in [0.5, 0.6) is 0 Å². The molecule has 0 unspecified atom stereocenters. The van der Waals surface area contributed by atoms with Crippen molar-refractivity contribution in [2.75, 3.05) is 45.9 Å². The van der Waals surface area contributed by atoms with Crippen LogP contribution in [0.15, 0.2) is 0 Å². The highest BCUT2D eigenvalue weighted by atomic mass is 16.3. The second-order valence-electron chi connectivity index (χ2n) is 4.90. The Balaban J connectivity index is 2.68. The summed E-state index contributed by atoms with van der Waals surface area (Å²) in [7, 11) is 0. The van der Waals surface area contributed by atoms with Gasteiger partial charge >= 0.3 is 0 Å². The van der Waals surface area contributed by atoms with Crippen molar-refractivity contribution in [1.82, 2.24) is 15.1 Å². The zero-order chi connectivity index (χ0) is 12.9. The van der Waals surface area contributed by atoms with Gasteiger partial charge in [0.15, 0.2) is 0 Å². The minimum Gasteiger partial charge on any atom is -0.395 e. The Hall–Kier alpha value is -0.650. The van der Waals surface area contributed by atoms with Crippen molar-refractivity contribution in [2.45, 2.75) is 26.3 Å². The molecule has 0 aromatic carbocycles. The predicted octanol–water partition coefficient (Wildman–Crippen LogP) is -0.489. The van der Waals surface area contributed by atoms with E-state index in [-0.39, 0.29) is 12.5 Å². The van der Waals surface area contributed by atoms with Crippen LogP contribution in [0.25, 0.3) is 0 Å². The Bertz CT molecular complexity index is 250. The van der Waals surface area contributed by atoms with Crippen LogP contribution >= 0.6 is 0 Å². The molecular weight excluding hydrogens is 218 g/mol. The Labute approximate surface area is 104 Å². The first-order chi connectivity index (χ1) is 8.04. The first-order valence-electron chi connectivity index (χ1n) is 6.40. The van der Waals surface area contributed by atoms with E-state index >= 15 is 0 Å². The second-order valence-corrected chi connectivity index (χ2v) is 4.90. The van der Waals surface area contributed by atoms with Gasteiger partial charge in [0.1, 0.15) is 0 Å². The van der Waals surface area contributed by atoms with Gasteiger partial charge in [0.05, 0.1) is 12.1 Å². The molecule has 17 heavy (non-hydrogen) atoms. The summed E-state index contributed by atoms with van der Waals surface area (Å²) < 4.78 is 0. The lowest BCUT2D eigenvalue weighted by Crippen LogP contribution is -2.59. The van der Waals surface area contributed by atoms with Gasteiger partial charge in [-0.1, -0.05) is 6.92 Å². The average Bonchev–Trinajstić information content (AvgIpc) is 2.35. The predicted molar refractivity (Wildman–Crippen MR) is 67.9 cm³/mol. The van der Waals surface area contributed by atoms with E-state index in [0.29, 0.717) is 6.54 Å². The number of hydrogen-bond donors (Lipinski definition) is 2. The maximum atomic E-state index is 12.5. The van der Waals surface area contributed by atoms with Gasteiger partial charge in [-0.15, -0.1) is 0 Å². The molecule has 0 aromatic rings. The molecule has 1 amide bonds. The number of nitrogens with one attached hydrogen (secondary N) is 1. The molecule has 100 valence electrons. The lowest BCUT2D eigenvalue weighted by atomic mass is 10.00. The smallest absolute Gasteiger partial charge is 0.242 e. The van der Waals surface area contributed by atoms with Crippen LogP contribution in [0.3, 0.4) is 0 Å². The van der Waals surface area contributed by atoms with Crippen molar-refractivity contribution < 1.29 is 9.90 Å². The van der Waals surface area contributed by atoms with E-state index in [0.717, 1.165) is 32.7 Å². The first kappa shape index (κ1) is 14.4. The lowest BCUT2D eigenvalue weighted by Gasteiger charge is -2.41. The Morgan fingerprint density at radius 1 is 1.41 bits per heavy atom. The first-order valence-corrected chi connectivity index (χ1v) is 6.40. The van der Waals surface area contributed by atoms with E-state index in [1.165, 1.54) is 0 Å². The molecule has 0 aliphatic carbocycles. The van der Waals surface area contributed by atoms with Crippen LogP contribution < -0.4 is 5.32 Å². The van der Waals surface area contributed by atoms with Crippen LogP contribution in [-0.4, -0.2) is 72.2 Å². The number of aliphatic hydroxyl groups is 1. The van der Waals surface area contributed by atoms with Crippen molar-refractivity contribution in [1.29, 1.82) is 0 Å². The van der Waals surface area contributed by atoms with Crippen LogP contribution in [0.2, 0.25) is 0 Å². The number of hydrogen-bond acceptors (Lipinski definition) is 4. The van der Waals surface area contributed by atoms with E-state index in [1.807, 2.05) is 30.6 Å². The van der Waals surface area contributed by atoms with Crippen molar-refractivity contribution in [3.05, 3.63) is 0 Å². The molecule has 0 radical (unpaired) electrons. The summed E-state index contributed by atoms with van der Waals surface area (Å²) in [5.41, 5.74) is -0.533. The lowest BCUT2D eigenvalue weighted by molar-refractivity contribution is -0.143. The zero-order valence-electron chi connectivity index (χ0n) is 11.2. The highest BCUT2D eigenvalue weighted by molar-refractivity contribution is 5.85. The van der Waals surface area contributed by atoms with E-state index in [1.54, 1.807) is 0 Å². The molecule has 0 bridgehead atoms. The second kappa shape index (κ2) is 6.33. The molecule has 1 fully saturated rings. The van der Waals surface area contributed by atoms with Gasteiger partial charge in [-0.25, -0.2) is 0 Å². The number of piperazine rings is 1. The number of likely N-dealkylation sites (N-methyl/N-ethyl adjacent to an activating group) is 1. The van der Waals surface area contributed by atoms with Gasteiger partial charge < -0.3 is 15.3 Å². The molecular formula is C12H25N3O2. The minimum absolute atomic E-state index is 0.0894. The van der Waals surface area contributed by atoms with E-state index in [2.05, 4.69) is 5.32 Å². The third-order valence-electron chi connectivity index (χ3n) is 3.47. The van der Waals surface area contributed by atoms with E-state index in [4.69, 9.17) is 5.11 Å². The molecule has 1 saturated heterocycles. The van der Waals surface area contributed by atoms with Gasteiger partial charge in [0.25, 0.3) is 0 Å². The number of β-amino-alcohol motifs (C(OH)–C–C–N with tert-alkyl or cyclic N) is 1. The third-order valence-corrected chi connectivity index (χ3v) is 3.47. The van der Waals surface area contributed by atoms with Gasteiger partial charge in [-0.2, -0.15) is 0 Å². The molecule has 1 aliphatic heterocycles. The highest BCUT2D eigenvalue weighted by Gasteiger charge is 2.36. The molecule has 0 atom stereocenters. The van der Waals surface area contributed by atoms with Crippen molar-refractivity contribution in [2.24, 2.45) is 0 Å². The fourth-order valence-electron chi connectivity index (χ4n) is 2.34. The maximum Gasteiger partial charge on any atom is 0.242 e. The zero-order valence-corrected chi connectivity index (χ0v) is 11.2. The molecule has 1 heterocycles. The summed E-state index contributed by atoms with van der Waals surface area (Å²) in [4.78, 5) is 16.4. The van der Waals surface area contributed by atoms with Gasteiger partial charge in [-0.05, 0) is 20.4 Å². The quantitative estimate of drug-likeness (QED) is 0.684. The number of carbonyl (C=O) groups is 1. The van der Waals surface area contributed by atoms with Crippen molar-refractivity contribution in [3.63, 3.8) is 0 Å². The molecule has 1 aliphatic rings. The monoisotopic (exact) mass is 243 g/mol. The number of nitrogens with zero attached hydrogens (tertiary/aromatic N) is 2. The summed E-state index contributed by atoms with van der Waals surface area (Å²) in [6.45, 7) is 10.6. The van der Waals surface area contributed by atoms with Crippen LogP contribution in [-0.2, 0) is 4.79 Å². The number of aliphatic hydroxyl groups excluding tert-OH is 1. The highest BCUT2D eigenvalue weighted by Crippen LogP contribution is 2.17. The summed E-state index contributed by atoms with van der Waals surface area (Å²) in [5, 5.41) is 12.3. The molecule has 0 saturated carbocycles. The Morgan fingerprint density at radius 2 is 2.00 bits per heavy atom. The normalized spacial score (nSPS) is 17.6. The molecule has 0 spiro atoms. The third kappa shape index (κ3) is 3.40. The maximum absolute atomic E-state index is 12.5. The topological polar surface area (TPSA) is 55.8 Å². The van der Waals surface area contributed by atoms with Gasteiger partial charge in [-0.3, -0.25) is 9.69 Å². The Morgan fingerprint density at radius 3 is 2.47 bits per heavy atom. The number of amides is 1. The fourth-order valence-corrected chi connectivity index (χ4v) is 2.34. The van der Waals surface area contributed by atoms with Crippen LogP contribution in [0.1, 0.15) is 20.8 Å². The summed E-state index contributed by atoms with van der Waals surface area (Å²) in [6.07, 6.45) is 0. The van der Waals surface area contributed by atoms with E-state index < -0.39 is 5.54 Å². The fraction of sp³-hybridized carbons (Fsp3) is 0.917. The SMILES string of the molecule is CCN(CCO)C(C)(C)C(=O)N1CCNCC1. The van der Waals surface area contributed by atoms with Gasteiger partial charge in [0, 0.05) is 32.7 Å². The largest absolute Gasteiger partial charge is 0.395 e. The van der Waals surface area contributed by atoms with Gasteiger partial charge in [0.2, 0.25) is 5.91 Å². The summed E-state index contributed by atoms with van der Waals surface area (Å²) in [6, 6.07) is 0. The van der Waals surface area contributed by atoms with Crippen molar-refractivity contribution >= 4 is 5.91 Å². The van der Waals surface area contributed by atoms with E-state index in [9.17, 15) is 4.79 Å². The summed E-state index contributed by atoms with van der Waals surface area (Å²) >= 11 is 0. The molecule has 5 nitrogen and oxygen atoms in total. The number of rotatable bonds is 5. The number of carbonyl (C=O) groups excluding carboxylic acids is 1. The molecule has 2 N–H and O–H groups in total. The average molecular weight is 243 g/mol. The molecule has 1 rings (SSSR count).